The third kappa shape index (κ3) is 2.83. The number of hydrogen-bond acceptors (Lipinski definition) is 2. The number of aliphatic carboxylic acids is 1. The second-order valence-corrected chi connectivity index (χ2v) is 4.47. The molecule has 0 fully saturated rings. The van der Waals surface area contributed by atoms with Crippen LogP contribution in [-0.4, -0.2) is 17.7 Å². The molecule has 1 heterocycles. The Hall–Kier alpha value is -0.870. The molecule has 0 radical (unpaired) electrons. The summed E-state index contributed by atoms with van der Waals surface area (Å²) in [4.78, 5) is 10.7. The highest BCUT2D eigenvalue weighted by Crippen LogP contribution is 2.31. The van der Waals surface area contributed by atoms with Crippen LogP contribution in [-0.2, 0) is 16.0 Å². The summed E-state index contributed by atoms with van der Waals surface area (Å²) in [5.74, 6) is -0.823. The Morgan fingerprint density at radius 3 is 3.00 bits per heavy atom. The van der Waals surface area contributed by atoms with Crippen molar-refractivity contribution in [2.24, 2.45) is 0 Å². The van der Waals surface area contributed by atoms with Crippen LogP contribution in [0.25, 0.3) is 0 Å². The summed E-state index contributed by atoms with van der Waals surface area (Å²) < 4.78 is 6.48. The van der Waals surface area contributed by atoms with Crippen LogP contribution in [0.5, 0.6) is 0 Å². The van der Waals surface area contributed by atoms with Gasteiger partial charge in [0.25, 0.3) is 0 Å². The molecule has 1 N–H and O–H groups in total. The van der Waals surface area contributed by atoms with Crippen LogP contribution in [0.2, 0.25) is 0 Å². The zero-order chi connectivity index (χ0) is 10.8. The lowest BCUT2D eigenvalue weighted by Crippen LogP contribution is -2.18. The maximum absolute atomic E-state index is 10.7. The van der Waals surface area contributed by atoms with Crippen LogP contribution in [0.3, 0.4) is 0 Å². The van der Waals surface area contributed by atoms with E-state index in [1.54, 1.807) is 0 Å². The van der Waals surface area contributed by atoms with Crippen LogP contribution in [0, 0.1) is 0 Å². The molecule has 0 spiro atoms. The van der Waals surface area contributed by atoms with E-state index in [9.17, 15) is 4.79 Å². The number of benzene rings is 1. The molecule has 0 saturated carbocycles. The van der Waals surface area contributed by atoms with Gasteiger partial charge in [0.2, 0.25) is 0 Å². The summed E-state index contributed by atoms with van der Waals surface area (Å²) in [6.07, 6.45) is 0.596. The first kappa shape index (κ1) is 13.2. The lowest BCUT2D eigenvalue weighted by atomic mass is 9.96. The molecule has 16 heavy (non-hydrogen) atoms. The topological polar surface area (TPSA) is 46.5 Å². The summed E-state index contributed by atoms with van der Waals surface area (Å²) in [6, 6.07) is 5.89. The summed E-state index contributed by atoms with van der Waals surface area (Å²) >= 11 is 3.40. The van der Waals surface area contributed by atoms with Crippen LogP contribution in [0.4, 0.5) is 0 Å². The van der Waals surface area contributed by atoms with Crippen molar-refractivity contribution in [1.29, 1.82) is 0 Å². The molecule has 3 nitrogen and oxygen atoms in total. The van der Waals surface area contributed by atoms with Crippen molar-refractivity contribution < 1.29 is 14.6 Å². The highest BCUT2D eigenvalue weighted by atomic mass is 79.9. The number of carboxylic acid groups (broad SMARTS) is 1. The van der Waals surface area contributed by atoms with E-state index in [0.717, 1.165) is 16.5 Å². The van der Waals surface area contributed by atoms with Crippen molar-refractivity contribution in [3.8, 4) is 0 Å². The van der Waals surface area contributed by atoms with E-state index < -0.39 is 5.97 Å². The van der Waals surface area contributed by atoms with E-state index in [2.05, 4.69) is 15.9 Å². The van der Waals surface area contributed by atoms with Gasteiger partial charge in [-0.3, -0.25) is 4.79 Å². The van der Waals surface area contributed by atoms with E-state index >= 15 is 0 Å². The van der Waals surface area contributed by atoms with E-state index in [1.165, 1.54) is 5.56 Å². The van der Waals surface area contributed by atoms with Gasteiger partial charge in [0.05, 0.1) is 19.1 Å². The molecule has 1 atom stereocenters. The van der Waals surface area contributed by atoms with Crippen molar-refractivity contribution >= 4 is 21.9 Å². The van der Waals surface area contributed by atoms with E-state index in [4.69, 9.17) is 9.84 Å². The van der Waals surface area contributed by atoms with Gasteiger partial charge in [0.15, 0.2) is 0 Å². The predicted molar refractivity (Wildman–Crippen MR) is 65.5 cm³/mol. The van der Waals surface area contributed by atoms with E-state index in [1.807, 2.05) is 18.2 Å². The van der Waals surface area contributed by atoms with Gasteiger partial charge >= 0.3 is 5.97 Å². The Morgan fingerprint density at radius 1 is 1.56 bits per heavy atom. The molecule has 0 saturated heterocycles. The average Bonchev–Trinajstić information content (AvgIpc) is 2.16. The molecule has 88 valence electrons. The number of carbonyl (C=O) groups is 1. The van der Waals surface area contributed by atoms with Crippen LogP contribution in [0.1, 0.15) is 31.1 Å². The molecule has 1 aliphatic heterocycles. The minimum atomic E-state index is -0.823. The van der Waals surface area contributed by atoms with E-state index in [-0.39, 0.29) is 20.0 Å². The number of rotatable bonds is 2. The summed E-state index contributed by atoms with van der Waals surface area (Å²) in [7, 11) is 0. The Bertz CT molecular complexity index is 390. The Balaban J connectivity index is 0.00000128. The summed E-state index contributed by atoms with van der Waals surface area (Å²) in [5.41, 5.74) is 2.19. The summed E-state index contributed by atoms with van der Waals surface area (Å²) in [6.45, 7) is 0.599. The molecule has 1 aromatic rings. The van der Waals surface area contributed by atoms with Gasteiger partial charge in [-0.1, -0.05) is 29.4 Å². The van der Waals surface area contributed by atoms with E-state index in [0.29, 0.717) is 6.61 Å². The smallest absolute Gasteiger partial charge is 0.306 e. The van der Waals surface area contributed by atoms with Crippen molar-refractivity contribution in [3.63, 3.8) is 0 Å². The van der Waals surface area contributed by atoms with Gasteiger partial charge in [0, 0.05) is 4.47 Å². The van der Waals surface area contributed by atoms with Crippen molar-refractivity contribution in [2.45, 2.75) is 26.4 Å². The van der Waals surface area contributed by atoms with Crippen LogP contribution < -0.4 is 0 Å². The molecule has 1 aromatic carbocycles. The minimum Gasteiger partial charge on any atom is -0.481 e. The van der Waals surface area contributed by atoms with Crippen molar-refractivity contribution in [1.82, 2.24) is 0 Å². The van der Waals surface area contributed by atoms with Crippen molar-refractivity contribution in [2.75, 3.05) is 6.61 Å². The first-order valence-electron chi connectivity index (χ1n) is 4.78. The molecule has 0 aromatic heterocycles. The molecule has 4 heteroatoms. The molecule has 0 aliphatic carbocycles. The molecule has 2 rings (SSSR count). The Morgan fingerprint density at radius 2 is 2.31 bits per heavy atom. The van der Waals surface area contributed by atoms with Gasteiger partial charge in [-0.05, 0) is 29.7 Å². The fourth-order valence-electron chi connectivity index (χ4n) is 1.83. The van der Waals surface area contributed by atoms with Crippen LogP contribution in [0.15, 0.2) is 22.7 Å². The highest BCUT2D eigenvalue weighted by Gasteiger charge is 2.23. The number of fused-ring (bicyclic) bond motifs is 1. The molecule has 0 amide bonds. The molecular formula is C12H15BrO3. The first-order chi connectivity index (χ1) is 7.16. The summed E-state index contributed by atoms with van der Waals surface area (Å²) in [5, 5.41) is 8.76. The zero-order valence-corrected chi connectivity index (χ0v) is 9.66. The second-order valence-electron chi connectivity index (χ2n) is 3.55. The number of halogens is 1. The number of hydrogen-bond donors (Lipinski definition) is 1. The first-order valence-corrected chi connectivity index (χ1v) is 5.58. The third-order valence-electron chi connectivity index (χ3n) is 2.50. The number of carboxylic acids is 1. The fraction of sp³-hybridized carbons (Fsp3) is 0.417. The third-order valence-corrected chi connectivity index (χ3v) is 3.00. The molecule has 1 aliphatic rings. The minimum absolute atomic E-state index is 0. The maximum Gasteiger partial charge on any atom is 0.306 e. The average molecular weight is 287 g/mol. The largest absolute Gasteiger partial charge is 0.481 e. The molecule has 1 unspecified atom stereocenters. The molecule has 0 bridgehead atoms. The van der Waals surface area contributed by atoms with Gasteiger partial charge in [-0.15, -0.1) is 0 Å². The highest BCUT2D eigenvalue weighted by molar-refractivity contribution is 9.10. The lowest BCUT2D eigenvalue weighted by molar-refractivity contribution is -0.140. The second kappa shape index (κ2) is 5.46. The molecular weight excluding hydrogens is 272 g/mol. The predicted octanol–water partition coefficient (Wildman–Crippen LogP) is 3.17. The van der Waals surface area contributed by atoms with Crippen molar-refractivity contribution in [3.05, 3.63) is 33.8 Å². The SMILES string of the molecule is C.O=C(O)CC1OCCc2cc(Br)ccc21. The maximum atomic E-state index is 10.7. The van der Waals surface area contributed by atoms with Gasteiger partial charge in [-0.25, -0.2) is 0 Å². The normalized spacial score (nSPS) is 18.4. The lowest BCUT2D eigenvalue weighted by Gasteiger charge is -2.25. The van der Waals surface area contributed by atoms with Gasteiger partial charge < -0.3 is 9.84 Å². The standard InChI is InChI=1S/C11H11BrO3.CH4/c12-8-1-2-9-7(5-8)3-4-15-10(9)6-11(13)14;/h1-2,5,10H,3-4,6H2,(H,13,14);1H4. The van der Waals surface area contributed by atoms with Gasteiger partial charge in [-0.2, -0.15) is 0 Å². The monoisotopic (exact) mass is 286 g/mol. The quantitative estimate of drug-likeness (QED) is 0.908. The van der Waals surface area contributed by atoms with Gasteiger partial charge in [0.1, 0.15) is 0 Å². The fourth-order valence-corrected chi connectivity index (χ4v) is 2.24. The number of ether oxygens (including phenoxy) is 1. The Labute approximate surface area is 104 Å². The zero-order valence-electron chi connectivity index (χ0n) is 8.07. The van der Waals surface area contributed by atoms with Crippen LogP contribution >= 0.6 is 15.9 Å². The Kier molecular flexibility index (Phi) is 4.50.